The van der Waals surface area contributed by atoms with Crippen molar-refractivity contribution in [3.8, 4) is 0 Å². The molecule has 3 saturated heterocycles. The predicted molar refractivity (Wildman–Crippen MR) is 116 cm³/mol. The Kier molecular flexibility index (Phi) is 10.6. The normalized spacial score (nSPS) is 49.0. The smallest absolute Gasteiger partial charge is 0.217 e. The number of hydrogen-bond donors (Lipinski definition) is 9. The van der Waals surface area contributed by atoms with E-state index in [-0.39, 0.29) is 0 Å². The topological polar surface area (TPSA) is 246 Å². The van der Waals surface area contributed by atoms with E-state index in [4.69, 9.17) is 28.4 Å². The van der Waals surface area contributed by atoms with Crippen LogP contribution in [-0.2, 0) is 33.2 Å². The molecule has 216 valence electrons. The number of aliphatic hydroxyl groups excluding tert-OH is 8. The van der Waals surface area contributed by atoms with Gasteiger partial charge in [-0.3, -0.25) is 4.79 Å². The molecule has 16 nitrogen and oxygen atoms in total. The zero-order chi connectivity index (χ0) is 27.6. The number of carbonyl (C=O) groups is 1. The van der Waals surface area contributed by atoms with Gasteiger partial charge in [0.05, 0.1) is 19.3 Å². The lowest BCUT2D eigenvalue weighted by Gasteiger charge is -2.49. The fraction of sp³-hybridized carbons (Fsp3) is 0.952. The van der Waals surface area contributed by atoms with Gasteiger partial charge in [0, 0.05) is 14.0 Å². The second-order valence-corrected chi connectivity index (χ2v) is 9.26. The van der Waals surface area contributed by atoms with Gasteiger partial charge in [-0.1, -0.05) is 0 Å². The molecule has 37 heavy (non-hydrogen) atoms. The van der Waals surface area contributed by atoms with Crippen molar-refractivity contribution in [1.82, 2.24) is 5.32 Å². The summed E-state index contributed by atoms with van der Waals surface area (Å²) in [5.41, 5.74) is 0. The Morgan fingerprint density at radius 3 is 1.86 bits per heavy atom. The highest BCUT2D eigenvalue weighted by Gasteiger charge is 2.54. The number of methoxy groups -OCH3 is 1. The van der Waals surface area contributed by atoms with E-state index in [1.807, 2.05) is 0 Å². The average Bonchev–Trinajstić information content (AvgIpc) is 2.85. The molecule has 15 atom stereocenters. The summed E-state index contributed by atoms with van der Waals surface area (Å²) in [6.45, 7) is 1.13. The van der Waals surface area contributed by atoms with Gasteiger partial charge in [-0.2, -0.15) is 0 Å². The second kappa shape index (κ2) is 12.8. The summed E-state index contributed by atoms with van der Waals surface area (Å²) in [4.78, 5) is 11.7. The largest absolute Gasteiger partial charge is 0.394 e. The summed E-state index contributed by atoms with van der Waals surface area (Å²) in [5, 5.41) is 84.5. The Morgan fingerprint density at radius 1 is 0.757 bits per heavy atom. The van der Waals surface area contributed by atoms with E-state index in [9.17, 15) is 45.6 Å². The molecular formula is C21H37NO15. The van der Waals surface area contributed by atoms with Crippen LogP contribution in [0, 0.1) is 0 Å². The lowest BCUT2D eigenvalue weighted by Crippen LogP contribution is -2.68. The van der Waals surface area contributed by atoms with Crippen LogP contribution in [0.15, 0.2) is 0 Å². The maximum absolute atomic E-state index is 11.7. The fourth-order valence-corrected chi connectivity index (χ4v) is 4.62. The standard InChI is InChI=1S/C21H37NO15/c1-6-11(26)14(29)17(32-3)20(33-6)37-18-15(30)12(27)8(4-23)35-21(18)36-16-10(22-7(2)25)19(31)34-9(5-24)13(16)28/h6,8-21,23-24,26-31H,4-5H2,1-3H3,(H,22,25)/t6-,8-,9-,10-,11+,12+,13+,14+,15+,16-,17-,18-,19?,20-,21+/m1/s1. The molecule has 16 heteroatoms. The van der Waals surface area contributed by atoms with Crippen LogP contribution in [0.25, 0.3) is 0 Å². The minimum Gasteiger partial charge on any atom is -0.394 e. The molecular weight excluding hydrogens is 506 g/mol. The van der Waals surface area contributed by atoms with Gasteiger partial charge in [-0.05, 0) is 6.92 Å². The zero-order valence-electron chi connectivity index (χ0n) is 20.5. The highest BCUT2D eigenvalue weighted by molar-refractivity contribution is 5.73. The van der Waals surface area contributed by atoms with Crippen LogP contribution in [0.5, 0.6) is 0 Å². The molecule has 0 radical (unpaired) electrons. The molecule has 3 aliphatic heterocycles. The Hall–Kier alpha value is -1.09. The molecule has 3 aliphatic rings. The van der Waals surface area contributed by atoms with E-state index in [0.717, 1.165) is 6.92 Å². The minimum absolute atomic E-state index is 0.614. The van der Waals surface area contributed by atoms with Gasteiger partial charge in [0.1, 0.15) is 67.1 Å². The first-order valence-electron chi connectivity index (χ1n) is 11.8. The fourth-order valence-electron chi connectivity index (χ4n) is 4.62. The summed E-state index contributed by atoms with van der Waals surface area (Å²) in [6.07, 6.45) is -20.6. The molecule has 0 aromatic heterocycles. The molecule has 0 bridgehead atoms. The number of carbonyl (C=O) groups excluding carboxylic acids is 1. The Labute approximate surface area is 212 Å². The molecule has 3 rings (SSSR count). The summed E-state index contributed by atoms with van der Waals surface area (Å²) in [7, 11) is 1.22. The molecule has 0 aromatic carbocycles. The molecule has 0 spiro atoms. The van der Waals surface area contributed by atoms with E-state index in [1.54, 1.807) is 0 Å². The molecule has 1 unspecified atom stereocenters. The maximum atomic E-state index is 11.7. The maximum Gasteiger partial charge on any atom is 0.217 e. The number of ether oxygens (including phenoxy) is 6. The highest BCUT2D eigenvalue weighted by Crippen LogP contribution is 2.33. The van der Waals surface area contributed by atoms with Gasteiger partial charge in [0.25, 0.3) is 0 Å². The molecule has 0 aromatic rings. The van der Waals surface area contributed by atoms with Crippen LogP contribution >= 0.6 is 0 Å². The predicted octanol–water partition coefficient (Wildman–Crippen LogP) is -5.75. The van der Waals surface area contributed by atoms with Gasteiger partial charge >= 0.3 is 0 Å². The first kappa shape index (κ1) is 30.5. The third-order valence-electron chi connectivity index (χ3n) is 6.71. The summed E-state index contributed by atoms with van der Waals surface area (Å²) >= 11 is 0. The first-order valence-corrected chi connectivity index (χ1v) is 11.8. The molecule has 0 aliphatic carbocycles. The van der Waals surface area contributed by atoms with Gasteiger partial charge < -0.3 is 74.6 Å². The molecule has 1 amide bonds. The zero-order valence-corrected chi connectivity index (χ0v) is 20.5. The Morgan fingerprint density at radius 2 is 1.30 bits per heavy atom. The van der Waals surface area contributed by atoms with E-state index in [1.165, 1.54) is 14.0 Å². The molecule has 3 fully saturated rings. The van der Waals surface area contributed by atoms with Crippen LogP contribution in [0.4, 0.5) is 0 Å². The van der Waals surface area contributed by atoms with E-state index < -0.39 is 111 Å². The van der Waals surface area contributed by atoms with Gasteiger partial charge in [-0.25, -0.2) is 0 Å². The van der Waals surface area contributed by atoms with Crippen LogP contribution in [0.2, 0.25) is 0 Å². The second-order valence-electron chi connectivity index (χ2n) is 9.26. The number of hydrogen-bond acceptors (Lipinski definition) is 15. The van der Waals surface area contributed by atoms with E-state index in [0.29, 0.717) is 0 Å². The summed E-state index contributed by atoms with van der Waals surface area (Å²) in [5.74, 6) is -0.614. The van der Waals surface area contributed by atoms with Gasteiger partial charge in [-0.15, -0.1) is 0 Å². The Balaban J connectivity index is 1.91. The van der Waals surface area contributed by atoms with Crippen LogP contribution in [0.1, 0.15) is 13.8 Å². The SMILES string of the molecule is CO[C@H]1[C@@H](O[C@H]2[C@H](O[C@H]3[C@@H](O)[C@@H](CO)OC(O)[C@@H]3NC(C)=O)O[C@H](CO)[C@H](O)[C@@H]2O)O[C@H](C)[C@H](O)[C@@H]1O. The van der Waals surface area contributed by atoms with Crippen LogP contribution in [-0.4, -0.2) is 159 Å². The van der Waals surface area contributed by atoms with E-state index >= 15 is 0 Å². The third-order valence-corrected chi connectivity index (χ3v) is 6.71. The van der Waals surface area contributed by atoms with Crippen molar-refractivity contribution in [1.29, 1.82) is 0 Å². The summed E-state index contributed by atoms with van der Waals surface area (Å²) in [6, 6.07) is -1.37. The van der Waals surface area contributed by atoms with Gasteiger partial charge in [0.2, 0.25) is 5.91 Å². The molecule has 3 heterocycles. The monoisotopic (exact) mass is 543 g/mol. The van der Waals surface area contributed by atoms with Crippen molar-refractivity contribution in [2.75, 3.05) is 20.3 Å². The van der Waals surface area contributed by atoms with Crippen LogP contribution < -0.4 is 5.32 Å². The minimum atomic E-state index is -1.77. The molecule has 9 N–H and O–H groups in total. The number of nitrogens with one attached hydrogen (secondary N) is 1. The van der Waals surface area contributed by atoms with Gasteiger partial charge in [0.15, 0.2) is 18.9 Å². The van der Waals surface area contributed by atoms with Crippen LogP contribution in [0.3, 0.4) is 0 Å². The highest BCUT2D eigenvalue weighted by atomic mass is 16.8. The Bertz CT molecular complexity index is 747. The van der Waals surface area contributed by atoms with Crippen molar-refractivity contribution in [3.63, 3.8) is 0 Å². The molecule has 0 saturated carbocycles. The summed E-state index contributed by atoms with van der Waals surface area (Å²) < 4.78 is 33.2. The quantitative estimate of drug-likeness (QED) is 0.138. The first-order chi connectivity index (χ1) is 17.4. The van der Waals surface area contributed by atoms with E-state index in [2.05, 4.69) is 5.32 Å². The van der Waals surface area contributed by atoms with Crippen molar-refractivity contribution < 1.29 is 74.1 Å². The van der Waals surface area contributed by atoms with Crippen molar-refractivity contribution in [2.24, 2.45) is 0 Å². The van der Waals surface area contributed by atoms with Crippen molar-refractivity contribution in [3.05, 3.63) is 0 Å². The lowest BCUT2D eigenvalue weighted by atomic mass is 9.95. The number of aliphatic hydroxyl groups is 8. The third kappa shape index (κ3) is 6.39. The number of rotatable bonds is 8. The number of amides is 1. The average molecular weight is 544 g/mol. The lowest BCUT2D eigenvalue weighted by molar-refractivity contribution is -0.381. The van der Waals surface area contributed by atoms with Crippen molar-refractivity contribution >= 4 is 5.91 Å². The van der Waals surface area contributed by atoms with Crippen molar-refractivity contribution in [2.45, 2.75) is 106 Å².